The van der Waals surface area contributed by atoms with Crippen molar-refractivity contribution in [3.05, 3.63) is 53.7 Å². The molecule has 1 fully saturated rings. The van der Waals surface area contributed by atoms with E-state index in [1.807, 2.05) is 7.05 Å². The van der Waals surface area contributed by atoms with E-state index in [0.29, 0.717) is 36.8 Å². The van der Waals surface area contributed by atoms with E-state index in [9.17, 15) is 14.7 Å². The number of rotatable bonds is 7. The fraction of sp³-hybridized carbons (Fsp3) is 0.400. The van der Waals surface area contributed by atoms with Crippen LogP contribution in [0.5, 0.6) is 11.5 Å². The summed E-state index contributed by atoms with van der Waals surface area (Å²) in [6.45, 7) is 3.15. The maximum Gasteiger partial charge on any atom is 0.292 e. The Morgan fingerprint density at radius 3 is 2.65 bits per heavy atom. The van der Waals surface area contributed by atoms with Gasteiger partial charge in [0, 0.05) is 24.5 Å². The normalized spacial score (nSPS) is 17.5. The molecule has 3 heterocycles. The molecule has 0 radical (unpaired) electrons. The molecule has 1 saturated heterocycles. The zero-order chi connectivity index (χ0) is 23.7. The summed E-state index contributed by atoms with van der Waals surface area (Å²) in [4.78, 5) is 28.1. The maximum atomic E-state index is 13.0. The molecule has 9 heteroatoms. The second-order valence-electron chi connectivity index (χ2n) is 8.81. The smallest absolute Gasteiger partial charge is 0.292 e. The molecule has 2 aliphatic rings. The van der Waals surface area contributed by atoms with Gasteiger partial charge in [0.25, 0.3) is 5.91 Å². The number of ether oxygens (including phenoxy) is 2. The zero-order valence-corrected chi connectivity index (χ0v) is 19.1. The number of carbonyl (C=O) groups is 2. The van der Waals surface area contributed by atoms with Crippen LogP contribution in [-0.4, -0.2) is 70.4 Å². The van der Waals surface area contributed by atoms with Crippen molar-refractivity contribution < 1.29 is 24.2 Å². The summed E-state index contributed by atoms with van der Waals surface area (Å²) in [5.41, 5.74) is 1.75. The molecule has 34 heavy (non-hydrogen) atoms. The van der Waals surface area contributed by atoms with Crippen LogP contribution in [0.2, 0.25) is 0 Å². The van der Waals surface area contributed by atoms with Gasteiger partial charge in [-0.05, 0) is 61.8 Å². The van der Waals surface area contributed by atoms with E-state index >= 15 is 0 Å². The molecule has 0 aliphatic carbocycles. The van der Waals surface area contributed by atoms with Gasteiger partial charge in [0.15, 0.2) is 11.5 Å². The molecule has 2 unspecified atom stereocenters. The summed E-state index contributed by atoms with van der Waals surface area (Å²) in [7, 11) is 1.82. The summed E-state index contributed by atoms with van der Waals surface area (Å²) in [6.07, 6.45) is 2.79. The van der Waals surface area contributed by atoms with Crippen LogP contribution < -0.4 is 14.8 Å². The van der Waals surface area contributed by atoms with Gasteiger partial charge in [-0.1, -0.05) is 6.07 Å². The van der Waals surface area contributed by atoms with Crippen LogP contribution in [0.1, 0.15) is 34.9 Å². The quantitative estimate of drug-likeness (QED) is 0.406. The molecule has 178 valence electrons. The molecule has 1 aromatic heterocycles. The first kappa shape index (κ1) is 22.4. The van der Waals surface area contributed by atoms with E-state index in [-0.39, 0.29) is 5.56 Å². The Labute approximate surface area is 197 Å². The van der Waals surface area contributed by atoms with Crippen LogP contribution in [0.4, 0.5) is 0 Å². The molecular weight excluding hydrogens is 436 g/mol. The number of nitrogens with one attached hydrogen (secondary N) is 1. The second kappa shape index (κ2) is 9.44. The highest BCUT2D eigenvalue weighted by Crippen LogP contribution is 2.33. The number of hydrogen-bond donors (Lipinski definition) is 2. The van der Waals surface area contributed by atoms with Gasteiger partial charge < -0.3 is 24.8 Å². The summed E-state index contributed by atoms with van der Waals surface area (Å²) >= 11 is 0. The number of amides is 1. The van der Waals surface area contributed by atoms with Crippen molar-refractivity contribution in [1.82, 2.24) is 20.0 Å². The summed E-state index contributed by atoms with van der Waals surface area (Å²) in [6, 6.07) is 9.65. The number of aliphatic hydroxyl groups is 1. The van der Waals surface area contributed by atoms with Crippen molar-refractivity contribution in [2.24, 2.45) is 7.05 Å². The number of fused-ring (bicyclic) bond motifs is 2. The highest BCUT2D eigenvalue weighted by Gasteiger charge is 2.30. The molecular formula is C25H28N4O5. The number of ketones is 1. The standard InChI is InChI=1S/C25H28N4O5/c1-28-20-6-4-16(12-18(20)14-26-28)24(31)25(32)27-19(15-29-8-2-3-9-29)23(30)17-5-7-21-22(13-17)34-11-10-33-21/h4-7,12-14,19,23,30H,2-3,8-11,15H2,1H3,(H,27,32). The van der Waals surface area contributed by atoms with E-state index in [1.54, 1.807) is 47.3 Å². The van der Waals surface area contributed by atoms with E-state index < -0.39 is 23.8 Å². The van der Waals surface area contributed by atoms with E-state index in [0.717, 1.165) is 36.8 Å². The lowest BCUT2D eigenvalue weighted by atomic mass is 10.00. The minimum absolute atomic E-state index is 0.284. The van der Waals surface area contributed by atoms with Crippen LogP contribution in [0.3, 0.4) is 0 Å². The number of benzene rings is 2. The Morgan fingerprint density at radius 2 is 1.85 bits per heavy atom. The molecule has 2 N–H and O–H groups in total. The van der Waals surface area contributed by atoms with Crippen LogP contribution in [-0.2, 0) is 11.8 Å². The Hall–Kier alpha value is -3.43. The predicted octanol–water partition coefficient (Wildman–Crippen LogP) is 1.84. The van der Waals surface area contributed by atoms with Crippen LogP contribution in [0, 0.1) is 0 Å². The lowest BCUT2D eigenvalue weighted by Gasteiger charge is -2.29. The van der Waals surface area contributed by atoms with Crippen molar-refractivity contribution >= 4 is 22.6 Å². The molecule has 2 aliphatic heterocycles. The van der Waals surface area contributed by atoms with Gasteiger partial charge in [-0.3, -0.25) is 14.3 Å². The van der Waals surface area contributed by atoms with Crippen molar-refractivity contribution in [2.45, 2.75) is 25.0 Å². The van der Waals surface area contributed by atoms with Gasteiger partial charge in [-0.25, -0.2) is 0 Å². The van der Waals surface area contributed by atoms with Gasteiger partial charge in [0.1, 0.15) is 19.3 Å². The van der Waals surface area contributed by atoms with E-state index in [1.165, 1.54) is 0 Å². The molecule has 0 bridgehead atoms. The van der Waals surface area contributed by atoms with Gasteiger partial charge in [0.05, 0.1) is 17.8 Å². The minimum Gasteiger partial charge on any atom is -0.486 e. The number of aliphatic hydroxyl groups excluding tert-OH is 1. The SMILES string of the molecule is Cn1ncc2cc(C(=O)C(=O)NC(CN3CCCC3)C(O)c3ccc4c(c3)OCCO4)ccc21. The van der Waals surface area contributed by atoms with Gasteiger partial charge in [0.2, 0.25) is 5.78 Å². The van der Waals surface area contributed by atoms with Crippen molar-refractivity contribution in [3.8, 4) is 11.5 Å². The van der Waals surface area contributed by atoms with E-state index in [4.69, 9.17) is 9.47 Å². The number of likely N-dealkylation sites (tertiary alicyclic amines) is 1. The number of aryl methyl sites for hydroxylation is 1. The predicted molar refractivity (Wildman–Crippen MR) is 125 cm³/mol. The molecule has 0 spiro atoms. The molecule has 9 nitrogen and oxygen atoms in total. The number of Topliss-reactive ketones (excluding diaryl/α,β-unsaturated/α-hetero) is 1. The second-order valence-corrected chi connectivity index (χ2v) is 8.81. The van der Waals surface area contributed by atoms with Gasteiger partial charge in [-0.2, -0.15) is 5.10 Å². The highest BCUT2D eigenvalue weighted by molar-refractivity contribution is 6.43. The van der Waals surface area contributed by atoms with Crippen LogP contribution in [0.25, 0.3) is 10.9 Å². The fourth-order valence-electron chi connectivity index (χ4n) is 4.61. The third-order valence-corrected chi connectivity index (χ3v) is 6.47. The minimum atomic E-state index is -1.02. The van der Waals surface area contributed by atoms with Crippen LogP contribution >= 0.6 is 0 Å². The molecule has 2 atom stereocenters. The lowest BCUT2D eigenvalue weighted by Crippen LogP contribution is -2.48. The first-order valence-electron chi connectivity index (χ1n) is 11.6. The van der Waals surface area contributed by atoms with Crippen molar-refractivity contribution in [1.29, 1.82) is 0 Å². The molecule has 0 saturated carbocycles. The van der Waals surface area contributed by atoms with Gasteiger partial charge in [-0.15, -0.1) is 0 Å². The third kappa shape index (κ3) is 4.49. The van der Waals surface area contributed by atoms with Crippen molar-refractivity contribution in [2.75, 3.05) is 32.8 Å². The number of hydrogen-bond acceptors (Lipinski definition) is 7. The largest absolute Gasteiger partial charge is 0.486 e. The average molecular weight is 465 g/mol. The molecule has 2 aromatic carbocycles. The lowest BCUT2D eigenvalue weighted by molar-refractivity contribution is -0.118. The first-order chi connectivity index (χ1) is 16.5. The molecule has 3 aromatic rings. The Kier molecular flexibility index (Phi) is 6.21. The van der Waals surface area contributed by atoms with Crippen molar-refractivity contribution in [3.63, 3.8) is 0 Å². The average Bonchev–Trinajstić information content (AvgIpc) is 3.51. The number of aromatic nitrogens is 2. The maximum absolute atomic E-state index is 13.0. The number of carbonyl (C=O) groups excluding carboxylic acids is 2. The fourth-order valence-corrected chi connectivity index (χ4v) is 4.61. The monoisotopic (exact) mass is 464 g/mol. The summed E-state index contributed by atoms with van der Waals surface area (Å²) in [5.74, 6) is -0.200. The highest BCUT2D eigenvalue weighted by atomic mass is 16.6. The summed E-state index contributed by atoms with van der Waals surface area (Å²) in [5, 5.41) is 19.0. The summed E-state index contributed by atoms with van der Waals surface area (Å²) < 4.78 is 12.9. The Morgan fingerprint density at radius 1 is 1.09 bits per heavy atom. The third-order valence-electron chi connectivity index (χ3n) is 6.47. The Balaban J connectivity index is 1.36. The van der Waals surface area contributed by atoms with Crippen LogP contribution in [0.15, 0.2) is 42.6 Å². The molecule has 5 rings (SSSR count). The number of nitrogens with zero attached hydrogens (tertiary/aromatic N) is 3. The first-order valence-corrected chi connectivity index (χ1v) is 11.6. The zero-order valence-electron chi connectivity index (χ0n) is 19.1. The Bertz CT molecular complexity index is 1220. The topological polar surface area (TPSA) is 106 Å². The van der Waals surface area contributed by atoms with E-state index in [2.05, 4.69) is 15.3 Å². The molecule has 1 amide bonds. The van der Waals surface area contributed by atoms with Gasteiger partial charge >= 0.3 is 0 Å².